The van der Waals surface area contributed by atoms with Crippen LogP contribution in [0.5, 0.6) is 0 Å². The van der Waals surface area contributed by atoms with Crippen molar-refractivity contribution in [3.63, 3.8) is 0 Å². The van der Waals surface area contributed by atoms with Crippen molar-refractivity contribution < 1.29 is 28.9 Å². The average molecular weight is 390 g/mol. The molecule has 0 radical (unpaired) electrons. The van der Waals surface area contributed by atoms with Crippen LogP contribution in [0.15, 0.2) is 23.5 Å². The number of esters is 1. The Morgan fingerprint density at radius 1 is 1.18 bits per heavy atom. The molecule has 2 fully saturated rings. The van der Waals surface area contributed by atoms with Crippen molar-refractivity contribution in [2.45, 2.75) is 52.4 Å². The van der Waals surface area contributed by atoms with Gasteiger partial charge < -0.3 is 19.3 Å². The SMILES string of the molecule is COC1=CC(C)C2CC3OC(=O)C=C4C(C)C(OC)C(O)C(C43C)C2(C)C1=O. The largest absolute Gasteiger partial charge is 0.493 e. The number of allylic oxidation sites excluding steroid dienone is 2. The summed E-state index contributed by atoms with van der Waals surface area (Å²) in [5, 5.41) is 11.5. The highest BCUT2D eigenvalue weighted by Crippen LogP contribution is 2.67. The first-order valence-corrected chi connectivity index (χ1v) is 10.1. The first-order valence-electron chi connectivity index (χ1n) is 10.1. The van der Waals surface area contributed by atoms with E-state index in [4.69, 9.17) is 14.2 Å². The molecule has 0 aromatic rings. The number of carbonyl (C=O) groups is 2. The lowest BCUT2D eigenvalue weighted by Crippen LogP contribution is -2.71. The molecule has 4 rings (SSSR count). The van der Waals surface area contributed by atoms with Crippen LogP contribution in [-0.2, 0) is 23.8 Å². The summed E-state index contributed by atoms with van der Waals surface area (Å²) in [7, 11) is 3.08. The maximum atomic E-state index is 13.6. The van der Waals surface area contributed by atoms with Crippen molar-refractivity contribution in [1.82, 2.24) is 0 Å². The molecule has 28 heavy (non-hydrogen) atoms. The molecule has 2 saturated carbocycles. The normalized spacial score (nSPS) is 50.0. The van der Waals surface area contributed by atoms with Gasteiger partial charge >= 0.3 is 5.97 Å². The lowest BCUT2D eigenvalue weighted by molar-refractivity contribution is -0.227. The van der Waals surface area contributed by atoms with E-state index in [0.717, 1.165) is 5.57 Å². The van der Waals surface area contributed by atoms with Crippen LogP contribution < -0.4 is 0 Å². The van der Waals surface area contributed by atoms with Gasteiger partial charge in [0.05, 0.1) is 19.3 Å². The summed E-state index contributed by atoms with van der Waals surface area (Å²) < 4.78 is 16.9. The molecule has 0 bridgehead atoms. The van der Waals surface area contributed by atoms with Gasteiger partial charge in [0.25, 0.3) is 0 Å². The highest BCUT2D eigenvalue weighted by molar-refractivity contribution is 6.00. The van der Waals surface area contributed by atoms with Gasteiger partial charge in [0.2, 0.25) is 5.78 Å². The van der Waals surface area contributed by atoms with Crippen LogP contribution in [0.4, 0.5) is 0 Å². The molecule has 1 heterocycles. The number of ether oxygens (including phenoxy) is 3. The van der Waals surface area contributed by atoms with Gasteiger partial charge in [-0.2, -0.15) is 0 Å². The minimum atomic E-state index is -0.860. The van der Waals surface area contributed by atoms with Crippen LogP contribution in [0.3, 0.4) is 0 Å². The van der Waals surface area contributed by atoms with E-state index in [1.165, 1.54) is 7.11 Å². The summed E-state index contributed by atoms with van der Waals surface area (Å²) in [6.45, 7) is 8.02. The fraction of sp³-hybridized carbons (Fsp3) is 0.727. The van der Waals surface area contributed by atoms with Crippen molar-refractivity contribution in [2.24, 2.45) is 34.5 Å². The smallest absolute Gasteiger partial charge is 0.331 e. The minimum Gasteiger partial charge on any atom is -0.493 e. The first kappa shape index (κ1) is 19.6. The molecule has 0 aromatic heterocycles. The molecule has 1 aliphatic heterocycles. The van der Waals surface area contributed by atoms with Gasteiger partial charge in [0, 0.05) is 35.9 Å². The van der Waals surface area contributed by atoms with Gasteiger partial charge in [-0.1, -0.05) is 27.7 Å². The second-order valence-electron chi connectivity index (χ2n) is 9.31. The molecule has 0 amide bonds. The summed E-state index contributed by atoms with van der Waals surface area (Å²) in [5.74, 6) is -0.671. The van der Waals surface area contributed by atoms with Crippen molar-refractivity contribution in [2.75, 3.05) is 14.2 Å². The summed E-state index contributed by atoms with van der Waals surface area (Å²) in [4.78, 5) is 26.0. The molecule has 6 heteroatoms. The van der Waals surface area contributed by atoms with Gasteiger partial charge in [0.1, 0.15) is 6.10 Å². The Balaban J connectivity index is 1.97. The van der Waals surface area contributed by atoms with Crippen LogP contribution in [0, 0.1) is 34.5 Å². The van der Waals surface area contributed by atoms with E-state index in [-0.39, 0.29) is 35.6 Å². The fourth-order valence-electron chi connectivity index (χ4n) is 7.03. The van der Waals surface area contributed by atoms with Crippen molar-refractivity contribution in [3.8, 4) is 0 Å². The summed E-state index contributed by atoms with van der Waals surface area (Å²) >= 11 is 0. The fourth-order valence-corrected chi connectivity index (χ4v) is 7.03. The standard InChI is InChI=1S/C22H30O6/c1-10-7-14(26-5)20(25)22(4)12(10)8-15-21(3)13(9-16(23)28-15)11(2)18(27-6)17(24)19(21)22/h7,9-12,15,17-19,24H,8H2,1-6H3. The van der Waals surface area contributed by atoms with Gasteiger partial charge in [-0.15, -0.1) is 0 Å². The highest BCUT2D eigenvalue weighted by atomic mass is 16.5. The maximum absolute atomic E-state index is 13.6. The topological polar surface area (TPSA) is 82.1 Å². The summed E-state index contributed by atoms with van der Waals surface area (Å²) in [5.41, 5.74) is -0.549. The molecule has 6 nitrogen and oxygen atoms in total. The van der Waals surface area contributed by atoms with Crippen LogP contribution in [-0.4, -0.2) is 49.4 Å². The van der Waals surface area contributed by atoms with Crippen LogP contribution in [0.25, 0.3) is 0 Å². The molecule has 1 N–H and O–H groups in total. The van der Waals surface area contributed by atoms with Crippen LogP contribution >= 0.6 is 0 Å². The van der Waals surface area contributed by atoms with Gasteiger partial charge in [-0.25, -0.2) is 4.79 Å². The Kier molecular flexibility index (Phi) is 4.33. The van der Waals surface area contributed by atoms with Gasteiger partial charge in [-0.3, -0.25) is 4.79 Å². The van der Waals surface area contributed by atoms with E-state index in [0.29, 0.717) is 12.2 Å². The number of rotatable bonds is 2. The maximum Gasteiger partial charge on any atom is 0.331 e. The third-order valence-corrected chi connectivity index (χ3v) is 8.27. The van der Waals surface area contributed by atoms with E-state index in [1.54, 1.807) is 13.2 Å². The number of hydrogen-bond donors (Lipinski definition) is 1. The first-order chi connectivity index (χ1) is 13.1. The molecule has 9 atom stereocenters. The van der Waals surface area contributed by atoms with Gasteiger partial charge in [0.15, 0.2) is 5.76 Å². The van der Waals surface area contributed by atoms with E-state index in [2.05, 4.69) is 6.92 Å². The Morgan fingerprint density at radius 3 is 2.46 bits per heavy atom. The molecule has 0 saturated heterocycles. The second-order valence-corrected chi connectivity index (χ2v) is 9.31. The number of aliphatic hydroxyl groups excluding tert-OH is 1. The van der Waals surface area contributed by atoms with Crippen molar-refractivity contribution >= 4 is 11.8 Å². The zero-order chi connectivity index (χ0) is 20.6. The number of Topliss-reactive ketones (excluding diaryl/α,β-unsaturated/α-hetero) is 1. The monoisotopic (exact) mass is 390 g/mol. The van der Waals surface area contributed by atoms with Crippen LogP contribution in [0.1, 0.15) is 34.1 Å². The Bertz CT molecular complexity index is 784. The van der Waals surface area contributed by atoms with E-state index < -0.39 is 29.0 Å². The molecule has 0 spiro atoms. The van der Waals surface area contributed by atoms with Gasteiger partial charge in [-0.05, 0) is 29.9 Å². The lowest BCUT2D eigenvalue weighted by atomic mass is 9.40. The number of carbonyl (C=O) groups excluding carboxylic acids is 2. The molecular formula is C22H30O6. The third-order valence-electron chi connectivity index (χ3n) is 8.27. The minimum absolute atomic E-state index is 0.0582. The molecule has 4 aliphatic rings. The van der Waals surface area contributed by atoms with Crippen molar-refractivity contribution in [1.29, 1.82) is 0 Å². The zero-order valence-electron chi connectivity index (χ0n) is 17.4. The number of ketones is 1. The number of fused-ring (bicyclic) bond motifs is 2. The number of hydrogen-bond acceptors (Lipinski definition) is 6. The predicted octanol–water partition coefficient (Wildman–Crippen LogP) is 2.26. The molecule has 9 unspecified atom stereocenters. The molecular weight excluding hydrogens is 360 g/mol. The molecule has 154 valence electrons. The third kappa shape index (κ3) is 2.16. The Hall–Kier alpha value is -1.66. The highest BCUT2D eigenvalue weighted by Gasteiger charge is 2.71. The quantitative estimate of drug-likeness (QED) is 0.729. The Labute approximate surface area is 165 Å². The number of aliphatic hydroxyl groups is 1. The zero-order valence-corrected chi connectivity index (χ0v) is 17.4. The molecule has 3 aliphatic carbocycles. The van der Waals surface area contributed by atoms with E-state index >= 15 is 0 Å². The average Bonchev–Trinajstić information content (AvgIpc) is 2.63. The lowest BCUT2D eigenvalue weighted by Gasteiger charge is -2.66. The Morgan fingerprint density at radius 2 is 1.86 bits per heavy atom. The van der Waals surface area contributed by atoms with Crippen LogP contribution in [0.2, 0.25) is 0 Å². The van der Waals surface area contributed by atoms with E-state index in [1.807, 2.05) is 26.8 Å². The second kappa shape index (κ2) is 6.17. The summed E-state index contributed by atoms with van der Waals surface area (Å²) in [6, 6.07) is 0. The van der Waals surface area contributed by atoms with Crippen molar-refractivity contribution in [3.05, 3.63) is 23.5 Å². The number of methoxy groups -OCH3 is 2. The van der Waals surface area contributed by atoms with E-state index in [9.17, 15) is 14.7 Å². The summed E-state index contributed by atoms with van der Waals surface area (Å²) in [6.07, 6.45) is 2.28. The molecule has 0 aromatic carbocycles. The predicted molar refractivity (Wildman–Crippen MR) is 101 cm³/mol.